The van der Waals surface area contributed by atoms with E-state index in [0.29, 0.717) is 0 Å². The van der Waals surface area contributed by atoms with Crippen molar-refractivity contribution in [3.05, 3.63) is 42.1 Å². The first kappa shape index (κ1) is 10.9. The zero-order valence-corrected chi connectivity index (χ0v) is 12.9. The molecule has 0 atom stereocenters. The summed E-state index contributed by atoms with van der Waals surface area (Å²) in [6.45, 7) is 0. The highest BCUT2D eigenvalue weighted by molar-refractivity contribution is 14.1. The number of nitrogens with one attached hydrogen (secondary N) is 1. The molecule has 4 heteroatoms. The molecule has 2 rings (SSSR count). The molecule has 0 unspecified atom stereocenters. The molecule has 2 aromatic rings. The van der Waals surface area contributed by atoms with Crippen molar-refractivity contribution in [2.45, 2.75) is 0 Å². The van der Waals surface area contributed by atoms with E-state index in [9.17, 15) is 0 Å². The first-order valence-corrected chi connectivity index (χ1v) is 6.92. The number of rotatable bonds is 1. The van der Waals surface area contributed by atoms with E-state index in [-0.39, 0.29) is 0 Å². The van der Waals surface area contributed by atoms with Gasteiger partial charge in [0.25, 0.3) is 0 Å². The van der Waals surface area contributed by atoms with Crippen LogP contribution in [0.15, 0.2) is 34.9 Å². The first-order chi connectivity index (χ1) is 6.68. The van der Waals surface area contributed by atoms with Crippen molar-refractivity contribution in [3.63, 3.8) is 0 Å². The zero-order chi connectivity index (χ0) is 10.1. The minimum Gasteiger partial charge on any atom is -0.359 e. The third-order valence-corrected chi connectivity index (χ3v) is 5.44. The SMILES string of the molecule is Brc1ccc(-c2[nH]cc(I)c2I)cc1. The number of benzene rings is 1. The maximum atomic E-state index is 3.43. The Hall–Kier alpha value is 0.440. The van der Waals surface area contributed by atoms with Gasteiger partial charge in [-0.05, 0) is 62.9 Å². The van der Waals surface area contributed by atoms with E-state index in [1.807, 2.05) is 6.20 Å². The van der Waals surface area contributed by atoms with Gasteiger partial charge >= 0.3 is 0 Å². The zero-order valence-electron chi connectivity index (χ0n) is 7.02. The fourth-order valence-electron chi connectivity index (χ4n) is 1.21. The monoisotopic (exact) mass is 473 g/mol. The summed E-state index contributed by atoms with van der Waals surface area (Å²) in [6.07, 6.45) is 2.03. The average molecular weight is 474 g/mol. The Balaban J connectivity index is 2.49. The molecule has 0 aliphatic carbocycles. The lowest BCUT2D eigenvalue weighted by atomic mass is 10.2. The van der Waals surface area contributed by atoms with Crippen molar-refractivity contribution in [1.82, 2.24) is 4.98 Å². The van der Waals surface area contributed by atoms with Crippen LogP contribution in [0.3, 0.4) is 0 Å². The lowest BCUT2D eigenvalue weighted by molar-refractivity contribution is 1.39. The van der Waals surface area contributed by atoms with Crippen molar-refractivity contribution in [3.8, 4) is 11.3 Å². The summed E-state index contributed by atoms with van der Waals surface area (Å²) in [5.41, 5.74) is 2.42. The van der Waals surface area contributed by atoms with Crippen molar-refractivity contribution in [2.24, 2.45) is 0 Å². The summed E-state index contributed by atoms with van der Waals surface area (Å²) in [5, 5.41) is 0. The second kappa shape index (κ2) is 4.52. The van der Waals surface area contributed by atoms with Crippen molar-refractivity contribution < 1.29 is 0 Å². The van der Waals surface area contributed by atoms with Crippen LogP contribution >= 0.6 is 61.1 Å². The summed E-state index contributed by atoms with van der Waals surface area (Å²) < 4.78 is 3.66. The number of H-pyrrole nitrogens is 1. The van der Waals surface area contributed by atoms with Crippen LogP contribution in [0.2, 0.25) is 0 Å². The summed E-state index contributed by atoms with van der Waals surface area (Å²) in [7, 11) is 0. The Kier molecular flexibility index (Phi) is 3.54. The maximum absolute atomic E-state index is 3.43. The fourth-order valence-corrected chi connectivity index (χ4v) is 2.52. The standard InChI is InChI=1S/C10H6BrI2N/c11-7-3-1-6(2-4-7)10-9(13)8(12)5-14-10/h1-5,14H. The molecule has 1 aromatic heterocycles. The highest BCUT2D eigenvalue weighted by Gasteiger charge is 2.07. The van der Waals surface area contributed by atoms with Gasteiger partial charge in [0.05, 0.1) is 9.26 Å². The molecule has 0 saturated carbocycles. The van der Waals surface area contributed by atoms with Gasteiger partial charge in [-0.3, -0.25) is 0 Å². The van der Waals surface area contributed by atoms with Gasteiger partial charge in [-0.15, -0.1) is 0 Å². The number of aromatic nitrogens is 1. The number of halogens is 3. The molecule has 0 aliphatic heterocycles. The second-order valence-electron chi connectivity index (χ2n) is 2.83. The predicted molar refractivity (Wildman–Crippen MR) is 79.4 cm³/mol. The molecule has 0 saturated heterocycles. The molecule has 1 heterocycles. The fraction of sp³-hybridized carbons (Fsp3) is 0. The summed E-state index contributed by atoms with van der Waals surface area (Å²) in [4.78, 5) is 3.28. The molecular formula is C10H6BrI2N. The van der Waals surface area contributed by atoms with E-state index in [2.05, 4.69) is 90.4 Å². The number of aromatic amines is 1. The Morgan fingerprint density at radius 2 is 1.71 bits per heavy atom. The van der Waals surface area contributed by atoms with Gasteiger partial charge in [-0.2, -0.15) is 0 Å². The van der Waals surface area contributed by atoms with Gasteiger partial charge < -0.3 is 4.98 Å². The molecule has 0 aliphatic rings. The van der Waals surface area contributed by atoms with E-state index in [1.54, 1.807) is 0 Å². The van der Waals surface area contributed by atoms with Crippen LogP contribution in [0.1, 0.15) is 0 Å². The van der Waals surface area contributed by atoms with Crippen LogP contribution in [0.25, 0.3) is 11.3 Å². The molecular weight excluding hydrogens is 468 g/mol. The van der Waals surface area contributed by atoms with Gasteiger partial charge in [0, 0.05) is 14.2 Å². The van der Waals surface area contributed by atoms with Crippen LogP contribution in [0, 0.1) is 7.14 Å². The number of hydrogen-bond acceptors (Lipinski definition) is 0. The van der Waals surface area contributed by atoms with Gasteiger partial charge in [0.2, 0.25) is 0 Å². The van der Waals surface area contributed by atoms with E-state index in [1.165, 1.54) is 18.4 Å². The third kappa shape index (κ3) is 2.16. The van der Waals surface area contributed by atoms with Gasteiger partial charge in [-0.1, -0.05) is 28.1 Å². The average Bonchev–Trinajstić information content (AvgIpc) is 2.50. The smallest absolute Gasteiger partial charge is 0.0600 e. The van der Waals surface area contributed by atoms with E-state index < -0.39 is 0 Å². The third-order valence-electron chi connectivity index (χ3n) is 1.91. The molecule has 1 aromatic carbocycles. The van der Waals surface area contributed by atoms with Crippen LogP contribution in [0.5, 0.6) is 0 Å². The molecule has 0 fully saturated rings. The molecule has 0 radical (unpaired) electrons. The molecule has 0 spiro atoms. The summed E-state index contributed by atoms with van der Waals surface area (Å²) in [5.74, 6) is 0. The van der Waals surface area contributed by atoms with Crippen LogP contribution in [0.4, 0.5) is 0 Å². The highest BCUT2D eigenvalue weighted by Crippen LogP contribution is 2.28. The minimum atomic E-state index is 1.11. The van der Waals surface area contributed by atoms with Crippen molar-refractivity contribution in [2.75, 3.05) is 0 Å². The second-order valence-corrected chi connectivity index (χ2v) is 5.99. The molecule has 14 heavy (non-hydrogen) atoms. The van der Waals surface area contributed by atoms with Crippen molar-refractivity contribution >= 4 is 61.1 Å². The first-order valence-electron chi connectivity index (χ1n) is 3.97. The van der Waals surface area contributed by atoms with E-state index in [4.69, 9.17) is 0 Å². The predicted octanol–water partition coefficient (Wildman–Crippen LogP) is 4.65. The molecule has 1 N–H and O–H groups in total. The maximum Gasteiger partial charge on any atom is 0.0600 e. The summed E-state index contributed by atoms with van der Waals surface area (Å²) in [6, 6.07) is 8.32. The van der Waals surface area contributed by atoms with Gasteiger partial charge in [-0.25, -0.2) is 0 Å². The molecule has 72 valence electrons. The van der Waals surface area contributed by atoms with Crippen molar-refractivity contribution in [1.29, 1.82) is 0 Å². The van der Waals surface area contributed by atoms with E-state index in [0.717, 1.165) is 4.47 Å². The summed E-state index contributed by atoms with van der Waals surface area (Å²) >= 11 is 8.12. The van der Waals surface area contributed by atoms with Crippen LogP contribution in [-0.4, -0.2) is 4.98 Å². The van der Waals surface area contributed by atoms with Gasteiger partial charge in [0.15, 0.2) is 0 Å². The Morgan fingerprint density at radius 3 is 2.21 bits per heavy atom. The molecule has 0 bridgehead atoms. The Labute approximate surface area is 118 Å². The minimum absolute atomic E-state index is 1.11. The van der Waals surface area contributed by atoms with Crippen LogP contribution < -0.4 is 0 Å². The van der Waals surface area contributed by atoms with Crippen LogP contribution in [-0.2, 0) is 0 Å². The Bertz CT molecular complexity index is 448. The highest BCUT2D eigenvalue weighted by atomic mass is 127. The van der Waals surface area contributed by atoms with Gasteiger partial charge in [0.1, 0.15) is 0 Å². The number of hydrogen-bond donors (Lipinski definition) is 1. The quantitative estimate of drug-likeness (QED) is 0.580. The lowest BCUT2D eigenvalue weighted by Gasteiger charge is -1.99. The largest absolute Gasteiger partial charge is 0.359 e. The molecule has 1 nitrogen and oxygen atoms in total. The Morgan fingerprint density at radius 1 is 1.07 bits per heavy atom. The lowest BCUT2D eigenvalue weighted by Crippen LogP contribution is -1.80. The normalized spacial score (nSPS) is 10.5. The topological polar surface area (TPSA) is 15.8 Å². The molecule has 0 amide bonds. The van der Waals surface area contributed by atoms with E-state index >= 15 is 0 Å².